The van der Waals surface area contributed by atoms with E-state index in [1.54, 1.807) is 6.08 Å². The van der Waals surface area contributed by atoms with Gasteiger partial charge in [-0.15, -0.1) is 0 Å². The number of hydrogen-bond donors (Lipinski definition) is 0. The molecule has 0 aliphatic carbocycles. The number of unbranched alkanes of at least 4 members (excludes halogenated alkanes) is 7. The average molecular weight is 447 g/mol. The molecule has 0 aliphatic rings. The Morgan fingerprint density at radius 3 is 2.03 bits per heavy atom. The highest BCUT2D eigenvalue weighted by Gasteiger charge is 2.26. The fraction of sp³-hybridized carbons (Fsp3) is 0.630. The Morgan fingerprint density at radius 2 is 1.41 bits per heavy atom. The summed E-state index contributed by atoms with van der Waals surface area (Å²) in [6.07, 6.45) is 14.0. The monoisotopic (exact) mass is 446 g/mol. The van der Waals surface area contributed by atoms with Crippen LogP contribution in [0.1, 0.15) is 91.0 Å². The van der Waals surface area contributed by atoms with Crippen molar-refractivity contribution in [2.45, 2.75) is 85.5 Å². The van der Waals surface area contributed by atoms with Crippen LogP contribution < -0.4 is 4.74 Å². The molecular formula is C27H42O5. The van der Waals surface area contributed by atoms with Gasteiger partial charge in [0.25, 0.3) is 0 Å². The normalized spacial score (nSPS) is 11.5. The van der Waals surface area contributed by atoms with Gasteiger partial charge in [-0.05, 0) is 50.5 Å². The lowest BCUT2D eigenvalue weighted by Gasteiger charge is -2.20. The van der Waals surface area contributed by atoms with Gasteiger partial charge in [-0.25, -0.2) is 4.79 Å². The van der Waals surface area contributed by atoms with E-state index in [1.165, 1.54) is 51.0 Å². The Balaban J connectivity index is 2.18. The third-order valence-corrected chi connectivity index (χ3v) is 5.56. The average Bonchev–Trinajstić information content (AvgIpc) is 2.80. The molecule has 5 heteroatoms. The Bertz CT molecular complexity index is 676. The molecule has 0 saturated carbocycles. The zero-order valence-corrected chi connectivity index (χ0v) is 20.5. The molecule has 0 spiro atoms. The van der Waals surface area contributed by atoms with Crippen molar-refractivity contribution in [2.75, 3.05) is 19.8 Å². The third kappa shape index (κ3) is 12.5. The molecule has 1 rings (SSSR count). The molecular weight excluding hydrogens is 404 g/mol. The molecule has 32 heavy (non-hydrogen) atoms. The molecule has 0 aromatic heterocycles. The van der Waals surface area contributed by atoms with Gasteiger partial charge in [0.15, 0.2) is 0 Å². The molecule has 180 valence electrons. The van der Waals surface area contributed by atoms with E-state index in [-0.39, 0.29) is 19.2 Å². The Hall–Kier alpha value is -2.30. The van der Waals surface area contributed by atoms with Crippen molar-refractivity contribution < 1.29 is 23.8 Å². The number of carbonyl (C=O) groups excluding carboxylic acids is 2. The first-order chi connectivity index (χ1) is 15.4. The number of rotatable bonds is 17. The number of esters is 2. The molecule has 0 saturated heterocycles. The van der Waals surface area contributed by atoms with Crippen LogP contribution in [0.2, 0.25) is 0 Å². The lowest BCUT2D eigenvalue weighted by molar-refractivity contribution is -0.157. The van der Waals surface area contributed by atoms with Crippen LogP contribution in [0, 0.1) is 5.41 Å². The minimum Gasteiger partial charge on any atom is -0.494 e. The number of benzene rings is 1. The van der Waals surface area contributed by atoms with Crippen molar-refractivity contribution in [1.29, 1.82) is 0 Å². The van der Waals surface area contributed by atoms with Gasteiger partial charge in [0.05, 0.1) is 12.0 Å². The highest BCUT2D eigenvalue weighted by atomic mass is 16.6. The van der Waals surface area contributed by atoms with E-state index in [2.05, 4.69) is 6.92 Å². The molecule has 0 unspecified atom stereocenters. The highest BCUT2D eigenvalue weighted by molar-refractivity contribution is 5.87. The summed E-state index contributed by atoms with van der Waals surface area (Å²) in [5.41, 5.74) is 0.366. The minimum atomic E-state index is -0.520. The molecule has 5 nitrogen and oxygen atoms in total. The van der Waals surface area contributed by atoms with Crippen molar-refractivity contribution in [2.24, 2.45) is 5.41 Å². The summed E-state index contributed by atoms with van der Waals surface area (Å²) in [6.45, 7) is 8.67. The first-order valence-corrected chi connectivity index (χ1v) is 12.1. The molecule has 1 aromatic rings. The fourth-order valence-electron chi connectivity index (χ4n) is 2.93. The highest BCUT2D eigenvalue weighted by Crippen LogP contribution is 2.21. The van der Waals surface area contributed by atoms with Crippen LogP contribution in [-0.4, -0.2) is 31.8 Å². The predicted octanol–water partition coefficient (Wildman–Crippen LogP) is 6.74. The second-order valence-electron chi connectivity index (χ2n) is 8.77. The molecule has 0 N–H and O–H groups in total. The van der Waals surface area contributed by atoms with Gasteiger partial charge in [0.1, 0.15) is 19.0 Å². The number of carbonyl (C=O) groups is 2. The van der Waals surface area contributed by atoms with Crippen LogP contribution in [0.25, 0.3) is 6.08 Å². The van der Waals surface area contributed by atoms with E-state index in [0.29, 0.717) is 6.42 Å². The third-order valence-electron chi connectivity index (χ3n) is 5.56. The molecule has 0 aliphatic heterocycles. The van der Waals surface area contributed by atoms with Gasteiger partial charge in [0.2, 0.25) is 0 Å². The number of ether oxygens (including phenoxy) is 3. The van der Waals surface area contributed by atoms with Crippen LogP contribution in [-0.2, 0) is 19.1 Å². The maximum absolute atomic E-state index is 11.8. The van der Waals surface area contributed by atoms with Crippen molar-refractivity contribution in [3.05, 3.63) is 35.9 Å². The van der Waals surface area contributed by atoms with Crippen LogP contribution in [0.4, 0.5) is 0 Å². The van der Waals surface area contributed by atoms with Gasteiger partial charge in [-0.3, -0.25) is 4.79 Å². The van der Waals surface area contributed by atoms with E-state index in [1.807, 2.05) is 45.0 Å². The zero-order valence-electron chi connectivity index (χ0n) is 20.5. The zero-order chi connectivity index (χ0) is 23.7. The van der Waals surface area contributed by atoms with Crippen molar-refractivity contribution in [1.82, 2.24) is 0 Å². The summed E-state index contributed by atoms with van der Waals surface area (Å²) in [5, 5.41) is 0. The molecule has 0 atom stereocenters. The Labute approximate surface area is 194 Å². The quantitative estimate of drug-likeness (QED) is 0.151. The topological polar surface area (TPSA) is 61.8 Å². The van der Waals surface area contributed by atoms with Crippen molar-refractivity contribution >= 4 is 18.0 Å². The van der Waals surface area contributed by atoms with Gasteiger partial charge in [0, 0.05) is 6.08 Å². The van der Waals surface area contributed by atoms with Crippen molar-refractivity contribution in [3.63, 3.8) is 0 Å². The van der Waals surface area contributed by atoms with Gasteiger partial charge in [-0.1, -0.05) is 70.9 Å². The number of hydrogen-bond acceptors (Lipinski definition) is 5. The van der Waals surface area contributed by atoms with Crippen LogP contribution >= 0.6 is 0 Å². The van der Waals surface area contributed by atoms with Crippen LogP contribution in [0.15, 0.2) is 30.3 Å². The summed E-state index contributed by atoms with van der Waals surface area (Å²) >= 11 is 0. The van der Waals surface area contributed by atoms with E-state index >= 15 is 0 Å². The maximum atomic E-state index is 11.8. The maximum Gasteiger partial charge on any atom is 0.330 e. The summed E-state index contributed by atoms with van der Waals surface area (Å²) in [4.78, 5) is 23.7. The summed E-state index contributed by atoms with van der Waals surface area (Å²) in [7, 11) is 0. The SMILES string of the molecule is CCCCCCCCCCOc1ccc(/C=C/C(=O)OCCOC(=O)C(C)(C)CC)cc1. The summed E-state index contributed by atoms with van der Waals surface area (Å²) in [6, 6.07) is 7.62. The van der Waals surface area contributed by atoms with Crippen LogP contribution in [0.3, 0.4) is 0 Å². The lowest BCUT2D eigenvalue weighted by atomic mass is 9.91. The first kappa shape index (κ1) is 27.7. The van der Waals surface area contributed by atoms with Crippen LogP contribution in [0.5, 0.6) is 5.75 Å². The van der Waals surface area contributed by atoms with Gasteiger partial charge >= 0.3 is 11.9 Å². The van der Waals surface area contributed by atoms with E-state index in [9.17, 15) is 9.59 Å². The Kier molecular flexibility index (Phi) is 14.2. The second kappa shape index (κ2) is 16.3. The Morgan fingerprint density at radius 1 is 0.812 bits per heavy atom. The molecule has 0 amide bonds. The largest absolute Gasteiger partial charge is 0.494 e. The standard InChI is InChI=1S/C27H42O5/c1-5-7-8-9-10-11-12-13-20-30-24-17-14-23(15-18-24)16-19-25(28)31-21-22-32-26(29)27(3,4)6-2/h14-19H,5-13,20-22H2,1-4H3/b19-16+. The molecule has 0 heterocycles. The molecule has 1 aromatic carbocycles. The molecule has 0 radical (unpaired) electrons. The van der Waals surface area contributed by atoms with E-state index < -0.39 is 11.4 Å². The van der Waals surface area contributed by atoms with Crippen molar-refractivity contribution in [3.8, 4) is 5.75 Å². The van der Waals surface area contributed by atoms with Gasteiger partial charge < -0.3 is 14.2 Å². The van der Waals surface area contributed by atoms with Gasteiger partial charge in [-0.2, -0.15) is 0 Å². The smallest absolute Gasteiger partial charge is 0.330 e. The van der Waals surface area contributed by atoms with E-state index in [0.717, 1.165) is 24.3 Å². The first-order valence-electron chi connectivity index (χ1n) is 12.1. The fourth-order valence-corrected chi connectivity index (χ4v) is 2.93. The van der Waals surface area contributed by atoms with E-state index in [4.69, 9.17) is 14.2 Å². The minimum absolute atomic E-state index is 0.0419. The second-order valence-corrected chi connectivity index (χ2v) is 8.77. The summed E-state index contributed by atoms with van der Waals surface area (Å²) in [5.74, 6) is 0.0895. The predicted molar refractivity (Wildman–Crippen MR) is 130 cm³/mol. The summed E-state index contributed by atoms with van der Waals surface area (Å²) < 4.78 is 16.0. The molecule has 0 bridgehead atoms. The molecule has 0 fully saturated rings. The lowest BCUT2D eigenvalue weighted by Crippen LogP contribution is -2.27.